The average molecular weight is 289 g/mol. The number of rotatable bonds is 4. The summed E-state index contributed by atoms with van der Waals surface area (Å²) in [4.78, 5) is 26.3. The lowest BCUT2D eigenvalue weighted by Crippen LogP contribution is -2.34. The van der Waals surface area contributed by atoms with Crippen molar-refractivity contribution in [2.45, 2.75) is 26.2 Å². The zero-order valence-corrected chi connectivity index (χ0v) is 12.9. The fourth-order valence-corrected chi connectivity index (χ4v) is 3.06. The molecule has 1 aliphatic heterocycles. The minimum atomic E-state index is -0.217. The highest BCUT2D eigenvalue weighted by atomic mass is 16.5. The van der Waals surface area contributed by atoms with Gasteiger partial charge in [-0.25, -0.2) is 0 Å². The maximum Gasteiger partial charge on any atom is 0.310 e. The van der Waals surface area contributed by atoms with Gasteiger partial charge in [-0.15, -0.1) is 0 Å². The molecule has 0 saturated carbocycles. The molecule has 0 radical (unpaired) electrons. The highest BCUT2D eigenvalue weighted by Gasteiger charge is 2.39. The summed E-state index contributed by atoms with van der Waals surface area (Å²) in [6.07, 6.45) is 0.761. The van der Waals surface area contributed by atoms with Crippen LogP contribution in [0.4, 0.5) is 0 Å². The zero-order chi connectivity index (χ0) is 15.4. The standard InChI is InChI=1S/C17H23NO3/c1-4-14(13-8-6-5-7-9-13)16(19)18-10-12(2)15(11-18)17(20)21-3/h5-9,12,14-15H,4,10-11H2,1-3H3. The van der Waals surface area contributed by atoms with Crippen molar-refractivity contribution in [1.82, 2.24) is 4.90 Å². The summed E-state index contributed by atoms with van der Waals surface area (Å²) in [5.41, 5.74) is 1.04. The molecule has 1 heterocycles. The molecule has 1 amide bonds. The van der Waals surface area contributed by atoms with E-state index in [0.29, 0.717) is 13.1 Å². The summed E-state index contributed by atoms with van der Waals surface area (Å²) in [6, 6.07) is 9.84. The fraction of sp³-hybridized carbons (Fsp3) is 0.529. The van der Waals surface area contributed by atoms with E-state index >= 15 is 0 Å². The summed E-state index contributed by atoms with van der Waals surface area (Å²) in [5.74, 6) is -0.288. The summed E-state index contributed by atoms with van der Waals surface area (Å²) >= 11 is 0. The van der Waals surface area contributed by atoms with E-state index in [0.717, 1.165) is 12.0 Å². The second-order valence-corrected chi connectivity index (χ2v) is 5.72. The number of hydrogen-bond acceptors (Lipinski definition) is 3. The number of methoxy groups -OCH3 is 1. The minimum absolute atomic E-state index is 0.113. The largest absolute Gasteiger partial charge is 0.469 e. The van der Waals surface area contributed by atoms with Gasteiger partial charge in [0, 0.05) is 13.1 Å². The Morgan fingerprint density at radius 3 is 2.52 bits per heavy atom. The highest BCUT2D eigenvalue weighted by Crippen LogP contribution is 2.29. The highest BCUT2D eigenvalue weighted by molar-refractivity contribution is 5.85. The van der Waals surface area contributed by atoms with Crippen LogP contribution in [0.5, 0.6) is 0 Å². The van der Waals surface area contributed by atoms with Gasteiger partial charge in [0.05, 0.1) is 18.9 Å². The third-order valence-electron chi connectivity index (χ3n) is 4.34. The Bertz CT molecular complexity index is 500. The van der Waals surface area contributed by atoms with Crippen LogP contribution in [0.3, 0.4) is 0 Å². The van der Waals surface area contributed by atoms with Gasteiger partial charge in [-0.05, 0) is 17.9 Å². The molecule has 0 N–H and O–H groups in total. The van der Waals surface area contributed by atoms with Gasteiger partial charge >= 0.3 is 5.97 Å². The fourth-order valence-electron chi connectivity index (χ4n) is 3.06. The predicted octanol–water partition coefficient (Wildman–Crippen LogP) is 2.45. The molecule has 4 heteroatoms. The molecular formula is C17H23NO3. The third-order valence-corrected chi connectivity index (χ3v) is 4.34. The average Bonchev–Trinajstić information content (AvgIpc) is 2.90. The van der Waals surface area contributed by atoms with E-state index in [1.54, 1.807) is 0 Å². The normalized spacial score (nSPS) is 22.9. The van der Waals surface area contributed by atoms with Crippen molar-refractivity contribution < 1.29 is 14.3 Å². The van der Waals surface area contributed by atoms with Gasteiger partial charge in [-0.3, -0.25) is 9.59 Å². The van der Waals surface area contributed by atoms with Crippen molar-refractivity contribution >= 4 is 11.9 Å². The second kappa shape index (κ2) is 6.74. The first kappa shape index (κ1) is 15.5. The van der Waals surface area contributed by atoms with Crippen LogP contribution in [0.2, 0.25) is 0 Å². The van der Waals surface area contributed by atoms with Crippen LogP contribution in [0.15, 0.2) is 30.3 Å². The molecule has 21 heavy (non-hydrogen) atoms. The van der Waals surface area contributed by atoms with Gasteiger partial charge < -0.3 is 9.64 Å². The van der Waals surface area contributed by atoms with Gasteiger partial charge in [0.2, 0.25) is 5.91 Å². The summed E-state index contributed by atoms with van der Waals surface area (Å²) in [6.45, 7) is 5.11. The zero-order valence-electron chi connectivity index (χ0n) is 12.9. The number of esters is 1. The molecule has 1 saturated heterocycles. The number of benzene rings is 1. The van der Waals surface area contributed by atoms with Crippen molar-refractivity contribution in [1.29, 1.82) is 0 Å². The summed E-state index contributed by atoms with van der Waals surface area (Å²) in [7, 11) is 1.40. The van der Waals surface area contributed by atoms with Crippen LogP contribution >= 0.6 is 0 Å². The molecule has 3 atom stereocenters. The van der Waals surface area contributed by atoms with Crippen molar-refractivity contribution in [3.8, 4) is 0 Å². The number of nitrogens with zero attached hydrogens (tertiary/aromatic N) is 1. The molecule has 0 aliphatic carbocycles. The molecule has 2 rings (SSSR count). The first-order chi connectivity index (χ1) is 10.1. The SMILES string of the molecule is CCC(C(=O)N1CC(C)C(C(=O)OC)C1)c1ccccc1. The Morgan fingerprint density at radius 1 is 1.29 bits per heavy atom. The van der Waals surface area contributed by atoms with Crippen LogP contribution in [0, 0.1) is 11.8 Å². The lowest BCUT2D eigenvalue weighted by Gasteiger charge is -2.23. The first-order valence-corrected chi connectivity index (χ1v) is 7.50. The number of carbonyl (C=O) groups excluding carboxylic acids is 2. The molecule has 4 nitrogen and oxygen atoms in total. The van der Waals surface area contributed by atoms with E-state index < -0.39 is 0 Å². The Kier molecular flexibility index (Phi) is 4.99. The van der Waals surface area contributed by atoms with E-state index in [1.807, 2.05) is 49.1 Å². The maximum absolute atomic E-state index is 12.8. The van der Waals surface area contributed by atoms with Crippen molar-refractivity contribution in [2.24, 2.45) is 11.8 Å². The Morgan fingerprint density at radius 2 is 1.95 bits per heavy atom. The summed E-state index contributed by atoms with van der Waals surface area (Å²) in [5, 5.41) is 0. The molecule has 114 valence electrons. The molecule has 1 aromatic rings. The minimum Gasteiger partial charge on any atom is -0.469 e. The number of carbonyl (C=O) groups is 2. The van der Waals surface area contributed by atoms with Crippen molar-refractivity contribution in [3.05, 3.63) is 35.9 Å². The molecular weight excluding hydrogens is 266 g/mol. The Hall–Kier alpha value is -1.84. The van der Waals surface area contributed by atoms with Gasteiger partial charge in [-0.1, -0.05) is 44.2 Å². The Balaban J connectivity index is 2.11. The molecule has 1 aliphatic rings. The number of hydrogen-bond donors (Lipinski definition) is 0. The van der Waals surface area contributed by atoms with Gasteiger partial charge in [-0.2, -0.15) is 0 Å². The quantitative estimate of drug-likeness (QED) is 0.800. The van der Waals surface area contributed by atoms with Crippen LogP contribution in [-0.4, -0.2) is 37.0 Å². The third kappa shape index (κ3) is 3.26. The predicted molar refractivity (Wildman–Crippen MR) is 80.7 cm³/mol. The Labute approximate surface area is 126 Å². The first-order valence-electron chi connectivity index (χ1n) is 7.50. The van der Waals surface area contributed by atoms with Crippen LogP contribution < -0.4 is 0 Å². The van der Waals surface area contributed by atoms with E-state index in [9.17, 15) is 9.59 Å². The number of likely N-dealkylation sites (tertiary alicyclic amines) is 1. The number of amides is 1. The molecule has 0 aromatic heterocycles. The number of ether oxygens (including phenoxy) is 1. The van der Waals surface area contributed by atoms with Crippen molar-refractivity contribution in [3.63, 3.8) is 0 Å². The van der Waals surface area contributed by atoms with Gasteiger partial charge in [0.15, 0.2) is 0 Å². The van der Waals surface area contributed by atoms with E-state index in [4.69, 9.17) is 4.74 Å². The van der Waals surface area contributed by atoms with Crippen LogP contribution in [-0.2, 0) is 14.3 Å². The monoisotopic (exact) mass is 289 g/mol. The molecule has 1 aromatic carbocycles. The van der Waals surface area contributed by atoms with E-state index in [-0.39, 0.29) is 29.6 Å². The van der Waals surface area contributed by atoms with E-state index in [1.165, 1.54) is 7.11 Å². The van der Waals surface area contributed by atoms with Crippen LogP contribution in [0.1, 0.15) is 31.7 Å². The van der Waals surface area contributed by atoms with Crippen LogP contribution in [0.25, 0.3) is 0 Å². The molecule has 1 fully saturated rings. The van der Waals surface area contributed by atoms with Crippen molar-refractivity contribution in [2.75, 3.05) is 20.2 Å². The van der Waals surface area contributed by atoms with Gasteiger partial charge in [0.1, 0.15) is 0 Å². The van der Waals surface area contributed by atoms with Gasteiger partial charge in [0.25, 0.3) is 0 Å². The topological polar surface area (TPSA) is 46.6 Å². The van der Waals surface area contributed by atoms with E-state index in [2.05, 4.69) is 0 Å². The summed E-state index contributed by atoms with van der Waals surface area (Å²) < 4.78 is 4.83. The second-order valence-electron chi connectivity index (χ2n) is 5.72. The molecule has 3 unspecified atom stereocenters. The smallest absolute Gasteiger partial charge is 0.310 e. The lowest BCUT2D eigenvalue weighted by molar-refractivity contribution is -0.146. The molecule has 0 bridgehead atoms. The lowest BCUT2D eigenvalue weighted by atomic mass is 9.95. The molecule has 0 spiro atoms. The maximum atomic E-state index is 12.8.